The van der Waals surface area contributed by atoms with Crippen LogP contribution in [-0.4, -0.2) is 63.7 Å². The highest BCUT2D eigenvalue weighted by Gasteiger charge is 2.19. The second-order valence-corrected chi connectivity index (χ2v) is 5.21. The number of piperidine rings is 1. The Morgan fingerprint density at radius 1 is 1.43 bits per heavy atom. The number of nitro groups is 1. The summed E-state index contributed by atoms with van der Waals surface area (Å²) in [6, 6.07) is 0. The van der Waals surface area contributed by atoms with Crippen LogP contribution in [0.2, 0.25) is 0 Å². The summed E-state index contributed by atoms with van der Waals surface area (Å²) < 4.78 is 7.30. The lowest BCUT2D eigenvalue weighted by Gasteiger charge is -2.31. The fraction of sp³-hybridized carbons (Fsp3) is 0.769. The van der Waals surface area contributed by atoms with Gasteiger partial charge in [-0.1, -0.05) is 0 Å². The monoisotopic (exact) mass is 298 g/mol. The topological polar surface area (TPSA) is 93.7 Å². The molecule has 1 fully saturated rings. The molecule has 8 heteroatoms. The molecule has 2 rings (SSSR count). The Morgan fingerprint density at radius 3 is 2.81 bits per heavy atom. The highest BCUT2D eigenvalue weighted by Crippen LogP contribution is 2.14. The molecule has 1 aliphatic heterocycles. The number of hydrogen-bond donors (Lipinski definition) is 1. The van der Waals surface area contributed by atoms with Crippen molar-refractivity contribution >= 4 is 5.69 Å². The van der Waals surface area contributed by atoms with Crippen molar-refractivity contribution in [2.24, 2.45) is 0 Å². The molecule has 0 spiro atoms. The van der Waals surface area contributed by atoms with E-state index in [1.165, 1.54) is 12.4 Å². The number of likely N-dealkylation sites (tertiary alicyclic amines) is 1. The lowest BCUT2D eigenvalue weighted by atomic mass is 10.1. The fourth-order valence-corrected chi connectivity index (χ4v) is 2.43. The van der Waals surface area contributed by atoms with Crippen LogP contribution < -0.4 is 0 Å². The second kappa shape index (κ2) is 8.06. The maximum atomic E-state index is 10.6. The third kappa shape index (κ3) is 5.07. The third-order valence-corrected chi connectivity index (χ3v) is 3.67. The highest BCUT2D eigenvalue weighted by molar-refractivity contribution is 5.20. The molecule has 1 aromatic rings. The Bertz CT molecular complexity index is 443. The van der Waals surface area contributed by atoms with Crippen LogP contribution in [0.15, 0.2) is 12.4 Å². The van der Waals surface area contributed by atoms with Crippen molar-refractivity contribution in [3.63, 3.8) is 0 Å². The van der Waals surface area contributed by atoms with Gasteiger partial charge in [-0.3, -0.25) is 14.8 Å². The van der Waals surface area contributed by atoms with Crippen molar-refractivity contribution < 1.29 is 14.8 Å². The molecule has 1 aromatic heterocycles. The van der Waals surface area contributed by atoms with Gasteiger partial charge in [0, 0.05) is 32.8 Å². The first-order chi connectivity index (χ1) is 10.2. The minimum absolute atomic E-state index is 0.0333. The summed E-state index contributed by atoms with van der Waals surface area (Å²) in [4.78, 5) is 12.5. The predicted octanol–water partition coefficient (Wildman–Crippen LogP) is 0.655. The quantitative estimate of drug-likeness (QED) is 0.430. The molecule has 2 heterocycles. The van der Waals surface area contributed by atoms with E-state index in [1.807, 2.05) is 0 Å². The van der Waals surface area contributed by atoms with Gasteiger partial charge in [0.05, 0.1) is 17.6 Å². The zero-order valence-electron chi connectivity index (χ0n) is 12.1. The molecule has 0 atom stereocenters. The van der Waals surface area contributed by atoms with E-state index in [0.29, 0.717) is 25.7 Å². The zero-order valence-corrected chi connectivity index (χ0v) is 12.1. The number of nitrogens with zero attached hydrogens (tertiary/aromatic N) is 4. The number of ether oxygens (including phenoxy) is 1. The standard InChI is InChI=1S/C13H22N4O4/c18-8-1-9-21-13-2-4-15(5-3-13)6-7-16-11-12(10-14-16)17(19)20/h10-11,13,18H,1-9H2. The zero-order chi connectivity index (χ0) is 15.1. The van der Waals surface area contributed by atoms with Crippen LogP contribution in [0.3, 0.4) is 0 Å². The SMILES string of the molecule is O=[N+]([O-])c1cnn(CCN2CCC(OCCCO)CC2)c1. The van der Waals surface area contributed by atoms with Crippen molar-refractivity contribution in [2.45, 2.75) is 31.9 Å². The van der Waals surface area contributed by atoms with E-state index in [9.17, 15) is 10.1 Å². The van der Waals surface area contributed by atoms with Crippen LogP contribution in [0, 0.1) is 10.1 Å². The van der Waals surface area contributed by atoms with Crippen LogP contribution >= 0.6 is 0 Å². The second-order valence-electron chi connectivity index (χ2n) is 5.21. The maximum absolute atomic E-state index is 10.6. The Balaban J connectivity index is 1.65. The summed E-state index contributed by atoms with van der Waals surface area (Å²) >= 11 is 0. The first-order valence-electron chi connectivity index (χ1n) is 7.30. The van der Waals surface area contributed by atoms with E-state index in [2.05, 4.69) is 10.00 Å². The minimum Gasteiger partial charge on any atom is -0.396 e. The van der Waals surface area contributed by atoms with Crippen molar-refractivity contribution in [1.29, 1.82) is 0 Å². The van der Waals surface area contributed by atoms with Gasteiger partial charge in [-0.25, -0.2) is 0 Å². The van der Waals surface area contributed by atoms with Crippen molar-refractivity contribution in [3.8, 4) is 0 Å². The van der Waals surface area contributed by atoms with Crippen LogP contribution in [0.4, 0.5) is 5.69 Å². The molecule has 0 unspecified atom stereocenters. The molecule has 0 radical (unpaired) electrons. The maximum Gasteiger partial charge on any atom is 0.306 e. The van der Waals surface area contributed by atoms with E-state index in [-0.39, 0.29) is 12.3 Å². The van der Waals surface area contributed by atoms with E-state index in [1.54, 1.807) is 4.68 Å². The summed E-state index contributed by atoms with van der Waals surface area (Å²) in [6.07, 6.45) is 5.71. The Kier molecular flexibility index (Phi) is 6.09. The minimum atomic E-state index is -0.432. The molecular formula is C13H22N4O4. The van der Waals surface area contributed by atoms with Gasteiger partial charge in [0.25, 0.3) is 0 Å². The smallest absolute Gasteiger partial charge is 0.306 e. The van der Waals surface area contributed by atoms with Crippen molar-refractivity contribution in [2.75, 3.05) is 32.8 Å². The molecule has 21 heavy (non-hydrogen) atoms. The molecule has 0 amide bonds. The van der Waals surface area contributed by atoms with Crippen molar-refractivity contribution in [3.05, 3.63) is 22.5 Å². The Morgan fingerprint density at radius 2 is 2.19 bits per heavy atom. The lowest BCUT2D eigenvalue weighted by Crippen LogP contribution is -2.38. The number of aliphatic hydroxyl groups excluding tert-OH is 1. The highest BCUT2D eigenvalue weighted by atomic mass is 16.6. The first kappa shape index (κ1) is 15.9. The molecule has 0 saturated carbocycles. The largest absolute Gasteiger partial charge is 0.396 e. The molecule has 8 nitrogen and oxygen atoms in total. The van der Waals surface area contributed by atoms with Gasteiger partial charge in [-0.2, -0.15) is 5.10 Å². The molecule has 1 saturated heterocycles. The molecule has 0 bridgehead atoms. The summed E-state index contributed by atoms with van der Waals surface area (Å²) in [5, 5.41) is 23.3. The van der Waals surface area contributed by atoms with Gasteiger partial charge in [-0.15, -0.1) is 0 Å². The average molecular weight is 298 g/mol. The number of rotatable bonds is 8. The number of hydrogen-bond acceptors (Lipinski definition) is 6. The summed E-state index contributed by atoms with van der Waals surface area (Å²) in [7, 11) is 0. The van der Waals surface area contributed by atoms with E-state index < -0.39 is 4.92 Å². The first-order valence-corrected chi connectivity index (χ1v) is 7.30. The van der Waals surface area contributed by atoms with Crippen LogP contribution in [0.1, 0.15) is 19.3 Å². The van der Waals surface area contributed by atoms with Gasteiger partial charge in [0.2, 0.25) is 0 Å². The normalized spacial score (nSPS) is 17.2. The van der Waals surface area contributed by atoms with Crippen LogP contribution in [0.25, 0.3) is 0 Å². The Hall–Kier alpha value is -1.51. The van der Waals surface area contributed by atoms with E-state index in [4.69, 9.17) is 9.84 Å². The summed E-state index contributed by atoms with van der Waals surface area (Å²) in [6.45, 7) is 4.22. The molecular weight excluding hydrogens is 276 g/mol. The fourth-order valence-electron chi connectivity index (χ4n) is 2.43. The summed E-state index contributed by atoms with van der Waals surface area (Å²) in [5.74, 6) is 0. The predicted molar refractivity (Wildman–Crippen MR) is 76.0 cm³/mol. The van der Waals surface area contributed by atoms with Gasteiger partial charge >= 0.3 is 5.69 Å². The molecule has 0 aliphatic carbocycles. The third-order valence-electron chi connectivity index (χ3n) is 3.67. The Labute approximate surface area is 123 Å². The molecule has 1 aliphatic rings. The van der Waals surface area contributed by atoms with Crippen LogP contribution in [-0.2, 0) is 11.3 Å². The molecule has 1 N–H and O–H groups in total. The molecule has 0 aromatic carbocycles. The number of aromatic nitrogens is 2. The lowest BCUT2D eigenvalue weighted by molar-refractivity contribution is -0.385. The van der Waals surface area contributed by atoms with E-state index >= 15 is 0 Å². The van der Waals surface area contributed by atoms with Gasteiger partial charge in [-0.05, 0) is 19.3 Å². The number of aliphatic hydroxyl groups is 1. The van der Waals surface area contributed by atoms with Gasteiger partial charge < -0.3 is 14.7 Å². The molecule has 118 valence electrons. The summed E-state index contributed by atoms with van der Waals surface area (Å²) in [5.41, 5.74) is 0.0333. The van der Waals surface area contributed by atoms with Gasteiger partial charge in [0.1, 0.15) is 12.4 Å². The van der Waals surface area contributed by atoms with E-state index in [0.717, 1.165) is 32.5 Å². The average Bonchev–Trinajstić information content (AvgIpc) is 2.96. The van der Waals surface area contributed by atoms with Crippen molar-refractivity contribution in [1.82, 2.24) is 14.7 Å². The van der Waals surface area contributed by atoms with Crippen LogP contribution in [0.5, 0.6) is 0 Å². The van der Waals surface area contributed by atoms with Gasteiger partial charge in [0.15, 0.2) is 0 Å².